The van der Waals surface area contributed by atoms with Gasteiger partial charge < -0.3 is 15.1 Å². The molecule has 0 radical (unpaired) electrons. The molecule has 8 nitrogen and oxygen atoms in total. The fourth-order valence-electron chi connectivity index (χ4n) is 3.67. The third-order valence-electron chi connectivity index (χ3n) is 5.45. The molecule has 2 N–H and O–H groups in total. The van der Waals surface area contributed by atoms with E-state index < -0.39 is 0 Å². The van der Waals surface area contributed by atoms with Crippen LogP contribution in [0, 0.1) is 6.92 Å². The van der Waals surface area contributed by atoms with Gasteiger partial charge in [-0.2, -0.15) is 0 Å². The average Bonchev–Trinajstić information content (AvgIpc) is 3.28. The highest BCUT2D eigenvalue weighted by Gasteiger charge is 2.32. The maximum Gasteiger partial charge on any atom is 0.289 e. The number of likely N-dealkylation sites (N-methyl/N-ethyl adjacent to an activating group) is 1. The normalized spacial score (nSPS) is 19.3. The lowest BCUT2D eigenvalue weighted by atomic mass is 10.1. The van der Waals surface area contributed by atoms with Crippen molar-refractivity contribution in [3.05, 3.63) is 47.4 Å². The first-order valence-corrected chi connectivity index (χ1v) is 10.1. The van der Waals surface area contributed by atoms with E-state index in [0.29, 0.717) is 37.5 Å². The number of rotatable bonds is 8. The SMILES string of the molecule is CCc1nc(C)c(C(=O)NC[C@@H]2CC[C@H](CC(=O)NCc3ccccn3)N2C)o1. The van der Waals surface area contributed by atoms with Crippen LogP contribution in [0.3, 0.4) is 0 Å². The summed E-state index contributed by atoms with van der Waals surface area (Å²) in [6, 6.07) is 6.01. The van der Waals surface area contributed by atoms with Gasteiger partial charge in [0, 0.05) is 37.7 Å². The third-order valence-corrected chi connectivity index (χ3v) is 5.45. The van der Waals surface area contributed by atoms with Gasteiger partial charge in [-0.3, -0.25) is 19.5 Å². The highest BCUT2D eigenvalue weighted by Crippen LogP contribution is 2.24. The fraction of sp³-hybridized carbons (Fsp3) is 0.524. The third kappa shape index (κ3) is 5.41. The minimum absolute atomic E-state index is 0.0153. The Balaban J connectivity index is 1.44. The number of hydrogen-bond acceptors (Lipinski definition) is 6. The standard InChI is InChI=1S/C21H29N5O3/c1-4-19-25-14(2)20(29-19)21(28)24-13-17-9-8-16(26(17)3)11-18(27)23-12-15-7-5-6-10-22-15/h5-7,10,16-17H,4,8-9,11-13H2,1-3H3,(H,23,27)(H,24,28)/t16-,17+/m1/s1. The molecule has 29 heavy (non-hydrogen) atoms. The van der Waals surface area contributed by atoms with E-state index in [1.165, 1.54) is 0 Å². The number of pyridine rings is 1. The molecule has 2 aromatic heterocycles. The number of carbonyl (C=O) groups is 2. The molecule has 1 aliphatic heterocycles. The number of likely N-dealkylation sites (tertiary alicyclic amines) is 1. The Hall–Kier alpha value is -2.74. The van der Waals surface area contributed by atoms with Crippen molar-refractivity contribution in [1.82, 2.24) is 25.5 Å². The highest BCUT2D eigenvalue weighted by atomic mass is 16.4. The van der Waals surface area contributed by atoms with Gasteiger partial charge in [0.2, 0.25) is 11.7 Å². The van der Waals surface area contributed by atoms with Crippen LogP contribution in [0.4, 0.5) is 0 Å². The molecule has 2 aromatic rings. The Labute approximate surface area is 171 Å². The van der Waals surface area contributed by atoms with Crippen LogP contribution in [0.15, 0.2) is 28.8 Å². The van der Waals surface area contributed by atoms with Gasteiger partial charge in [0.25, 0.3) is 5.91 Å². The van der Waals surface area contributed by atoms with Crippen LogP contribution in [0.25, 0.3) is 0 Å². The molecule has 0 bridgehead atoms. The van der Waals surface area contributed by atoms with Gasteiger partial charge in [0.15, 0.2) is 5.89 Å². The molecule has 0 aromatic carbocycles. The predicted octanol–water partition coefficient (Wildman–Crippen LogP) is 1.84. The lowest BCUT2D eigenvalue weighted by Crippen LogP contribution is -2.42. The minimum atomic E-state index is -0.236. The van der Waals surface area contributed by atoms with Crippen LogP contribution in [-0.2, 0) is 17.8 Å². The second-order valence-corrected chi connectivity index (χ2v) is 7.44. The van der Waals surface area contributed by atoms with Gasteiger partial charge in [-0.15, -0.1) is 0 Å². The summed E-state index contributed by atoms with van der Waals surface area (Å²) in [5.74, 6) is 0.636. The van der Waals surface area contributed by atoms with Crippen molar-refractivity contribution < 1.29 is 14.0 Å². The van der Waals surface area contributed by atoms with Gasteiger partial charge in [0.05, 0.1) is 17.9 Å². The number of oxazole rings is 1. The molecule has 0 spiro atoms. The quantitative estimate of drug-likeness (QED) is 0.703. The van der Waals surface area contributed by atoms with Crippen molar-refractivity contribution in [3.8, 4) is 0 Å². The Morgan fingerprint density at radius 3 is 2.72 bits per heavy atom. The molecule has 156 valence electrons. The van der Waals surface area contributed by atoms with Crippen LogP contribution >= 0.6 is 0 Å². The van der Waals surface area contributed by atoms with E-state index in [9.17, 15) is 9.59 Å². The number of hydrogen-bond donors (Lipinski definition) is 2. The summed E-state index contributed by atoms with van der Waals surface area (Å²) in [5, 5.41) is 5.88. The summed E-state index contributed by atoms with van der Waals surface area (Å²) in [4.78, 5) is 35.3. The van der Waals surface area contributed by atoms with Crippen molar-refractivity contribution in [2.45, 2.75) is 58.2 Å². The van der Waals surface area contributed by atoms with Gasteiger partial charge in [0.1, 0.15) is 0 Å². The Morgan fingerprint density at radius 2 is 2.03 bits per heavy atom. The smallest absolute Gasteiger partial charge is 0.289 e. The second kappa shape index (κ2) is 9.65. The maximum atomic E-state index is 12.4. The van der Waals surface area contributed by atoms with Crippen LogP contribution < -0.4 is 10.6 Å². The monoisotopic (exact) mass is 399 g/mol. The van der Waals surface area contributed by atoms with E-state index in [0.717, 1.165) is 18.5 Å². The first-order valence-electron chi connectivity index (χ1n) is 10.1. The summed E-state index contributed by atoms with van der Waals surface area (Å²) < 4.78 is 5.51. The van der Waals surface area contributed by atoms with Crippen LogP contribution in [0.2, 0.25) is 0 Å². The Kier molecular flexibility index (Phi) is 6.98. The number of nitrogens with one attached hydrogen (secondary N) is 2. The molecule has 0 aliphatic carbocycles. The highest BCUT2D eigenvalue weighted by molar-refractivity contribution is 5.92. The maximum absolute atomic E-state index is 12.4. The zero-order valence-electron chi connectivity index (χ0n) is 17.3. The van der Waals surface area contributed by atoms with E-state index in [2.05, 4.69) is 25.5 Å². The average molecular weight is 399 g/mol. The van der Waals surface area contributed by atoms with Gasteiger partial charge in [-0.25, -0.2) is 4.98 Å². The molecule has 8 heteroatoms. The van der Waals surface area contributed by atoms with Crippen LogP contribution in [-0.4, -0.2) is 52.4 Å². The Bertz CT molecular complexity index is 836. The minimum Gasteiger partial charge on any atom is -0.435 e. The van der Waals surface area contributed by atoms with Crippen LogP contribution in [0.5, 0.6) is 0 Å². The van der Waals surface area contributed by atoms with Crippen molar-refractivity contribution in [2.24, 2.45) is 0 Å². The molecule has 3 rings (SSSR count). The molecule has 1 saturated heterocycles. The zero-order chi connectivity index (χ0) is 20.8. The van der Waals surface area contributed by atoms with Gasteiger partial charge in [-0.1, -0.05) is 13.0 Å². The topological polar surface area (TPSA) is 100 Å². The Morgan fingerprint density at radius 1 is 1.24 bits per heavy atom. The van der Waals surface area contributed by atoms with Crippen molar-refractivity contribution >= 4 is 11.8 Å². The molecule has 1 aliphatic rings. The number of nitrogens with zero attached hydrogens (tertiary/aromatic N) is 3. The van der Waals surface area contributed by atoms with E-state index in [4.69, 9.17) is 4.42 Å². The molecular formula is C21H29N5O3. The van der Waals surface area contributed by atoms with Crippen LogP contribution in [0.1, 0.15) is 54.0 Å². The van der Waals surface area contributed by atoms with Crippen molar-refractivity contribution in [2.75, 3.05) is 13.6 Å². The number of aromatic nitrogens is 2. The molecule has 2 amide bonds. The molecule has 1 fully saturated rings. The lowest BCUT2D eigenvalue weighted by molar-refractivity contribution is -0.122. The van der Waals surface area contributed by atoms with E-state index >= 15 is 0 Å². The molecule has 3 heterocycles. The molecule has 0 saturated carbocycles. The summed E-state index contributed by atoms with van der Waals surface area (Å²) in [7, 11) is 2.01. The van der Waals surface area contributed by atoms with Gasteiger partial charge in [-0.05, 0) is 38.9 Å². The summed E-state index contributed by atoms with van der Waals surface area (Å²) in [6.07, 6.45) is 4.67. The van der Waals surface area contributed by atoms with E-state index in [1.54, 1.807) is 13.1 Å². The fourth-order valence-corrected chi connectivity index (χ4v) is 3.67. The first kappa shape index (κ1) is 21.0. The molecule has 0 unspecified atom stereocenters. The summed E-state index contributed by atoms with van der Waals surface area (Å²) >= 11 is 0. The molecular weight excluding hydrogens is 370 g/mol. The summed E-state index contributed by atoms with van der Waals surface area (Å²) in [6.45, 7) is 4.67. The lowest BCUT2D eigenvalue weighted by Gasteiger charge is -2.25. The van der Waals surface area contributed by atoms with E-state index in [-0.39, 0.29) is 29.7 Å². The van der Waals surface area contributed by atoms with Crippen molar-refractivity contribution in [3.63, 3.8) is 0 Å². The van der Waals surface area contributed by atoms with Gasteiger partial charge >= 0.3 is 0 Å². The van der Waals surface area contributed by atoms with E-state index in [1.807, 2.05) is 32.2 Å². The number of carbonyl (C=O) groups excluding carboxylic acids is 2. The van der Waals surface area contributed by atoms with Crippen molar-refractivity contribution in [1.29, 1.82) is 0 Å². The summed E-state index contributed by atoms with van der Waals surface area (Å²) in [5.41, 5.74) is 1.46. The molecule has 2 atom stereocenters. The predicted molar refractivity (Wildman–Crippen MR) is 108 cm³/mol. The zero-order valence-corrected chi connectivity index (χ0v) is 17.3. The second-order valence-electron chi connectivity index (χ2n) is 7.44. The number of amides is 2. The first-order chi connectivity index (χ1) is 14.0. The number of aryl methyl sites for hydroxylation is 2. The largest absolute Gasteiger partial charge is 0.435 e.